The molecule has 2 fully saturated rings. The van der Waals surface area contributed by atoms with Crippen LogP contribution in [0.25, 0.3) is 0 Å². The van der Waals surface area contributed by atoms with Crippen molar-refractivity contribution in [3.8, 4) is 0 Å². The van der Waals surface area contributed by atoms with E-state index in [1.807, 2.05) is 17.9 Å². The lowest BCUT2D eigenvalue weighted by Gasteiger charge is -2.35. The average Bonchev–Trinajstić information content (AvgIpc) is 3.27. The molecule has 0 aliphatic carbocycles. The van der Waals surface area contributed by atoms with Crippen LogP contribution in [0.1, 0.15) is 28.9 Å². The van der Waals surface area contributed by atoms with Crippen molar-refractivity contribution in [1.29, 1.82) is 0 Å². The van der Waals surface area contributed by atoms with Gasteiger partial charge >= 0.3 is 0 Å². The number of hydrogen-bond donors (Lipinski definition) is 0. The quantitative estimate of drug-likeness (QED) is 0.578. The first-order valence-corrected chi connectivity index (χ1v) is 9.89. The van der Waals surface area contributed by atoms with Crippen molar-refractivity contribution in [3.05, 3.63) is 52.0 Å². The Bertz CT molecular complexity index is 920. The molecule has 9 heteroatoms. The Morgan fingerprint density at radius 1 is 1.00 bits per heavy atom. The number of piperazine rings is 1. The van der Waals surface area contributed by atoms with Crippen molar-refractivity contribution < 1.29 is 9.72 Å². The Morgan fingerprint density at radius 2 is 1.72 bits per heavy atom. The number of amides is 1. The fraction of sp³-hybridized carbons (Fsp3) is 0.450. The Labute approximate surface area is 169 Å². The molecule has 0 bridgehead atoms. The molecule has 4 rings (SSSR count). The lowest BCUT2D eigenvalue weighted by molar-refractivity contribution is -0.384. The number of nitro benzene ring substituents is 1. The van der Waals surface area contributed by atoms with Crippen molar-refractivity contribution in [2.75, 3.05) is 49.1 Å². The predicted octanol–water partition coefficient (Wildman–Crippen LogP) is 2.26. The highest BCUT2D eigenvalue weighted by molar-refractivity contribution is 5.96. The third-order valence-electron chi connectivity index (χ3n) is 5.55. The number of rotatable bonds is 4. The summed E-state index contributed by atoms with van der Waals surface area (Å²) in [7, 11) is 0. The van der Waals surface area contributed by atoms with Crippen LogP contribution in [0.15, 0.2) is 30.6 Å². The van der Waals surface area contributed by atoms with Crippen LogP contribution in [0.4, 0.5) is 17.2 Å². The van der Waals surface area contributed by atoms with Gasteiger partial charge in [0.2, 0.25) is 0 Å². The molecule has 1 aromatic heterocycles. The smallest absolute Gasteiger partial charge is 0.293 e. The number of nitrogens with zero attached hydrogens (tertiary/aromatic N) is 6. The van der Waals surface area contributed by atoms with Crippen LogP contribution in [0.3, 0.4) is 0 Å². The zero-order valence-electron chi connectivity index (χ0n) is 16.5. The van der Waals surface area contributed by atoms with Crippen molar-refractivity contribution in [2.24, 2.45) is 0 Å². The number of anilines is 2. The van der Waals surface area contributed by atoms with E-state index in [1.54, 1.807) is 23.4 Å². The first-order valence-electron chi connectivity index (χ1n) is 9.89. The maximum Gasteiger partial charge on any atom is 0.293 e. The van der Waals surface area contributed by atoms with E-state index in [1.165, 1.54) is 6.07 Å². The van der Waals surface area contributed by atoms with Crippen LogP contribution in [0.2, 0.25) is 0 Å². The van der Waals surface area contributed by atoms with E-state index in [-0.39, 0.29) is 16.5 Å². The molecule has 3 heterocycles. The van der Waals surface area contributed by atoms with Crippen LogP contribution in [0.5, 0.6) is 0 Å². The van der Waals surface area contributed by atoms with Gasteiger partial charge in [0.25, 0.3) is 11.6 Å². The molecule has 2 aliphatic rings. The van der Waals surface area contributed by atoms with Crippen LogP contribution < -0.4 is 9.80 Å². The highest BCUT2D eigenvalue weighted by Gasteiger charge is 2.27. The van der Waals surface area contributed by atoms with Gasteiger partial charge in [0, 0.05) is 62.7 Å². The summed E-state index contributed by atoms with van der Waals surface area (Å²) in [6, 6.07) is 6.79. The van der Waals surface area contributed by atoms with Gasteiger partial charge in [-0.1, -0.05) is 0 Å². The second kappa shape index (κ2) is 8.02. The maximum atomic E-state index is 12.9. The molecular formula is C20H24N6O3. The lowest BCUT2D eigenvalue weighted by atomic mass is 10.1. The van der Waals surface area contributed by atoms with E-state index in [4.69, 9.17) is 0 Å². The average molecular weight is 396 g/mol. The summed E-state index contributed by atoms with van der Waals surface area (Å²) in [5.74, 6) is 0.690. The molecule has 0 N–H and O–H groups in total. The first-order chi connectivity index (χ1) is 14.0. The van der Waals surface area contributed by atoms with Crippen LogP contribution >= 0.6 is 0 Å². The minimum absolute atomic E-state index is 0.00727. The molecule has 1 amide bonds. The zero-order chi connectivity index (χ0) is 20.4. The van der Waals surface area contributed by atoms with Gasteiger partial charge in [0.15, 0.2) is 0 Å². The fourth-order valence-electron chi connectivity index (χ4n) is 3.96. The minimum atomic E-state index is -0.389. The molecule has 29 heavy (non-hydrogen) atoms. The van der Waals surface area contributed by atoms with E-state index >= 15 is 0 Å². The Kier molecular flexibility index (Phi) is 5.28. The van der Waals surface area contributed by atoms with E-state index in [0.29, 0.717) is 37.4 Å². The Balaban J connectivity index is 1.47. The van der Waals surface area contributed by atoms with Gasteiger partial charge in [-0.25, -0.2) is 9.97 Å². The number of carbonyl (C=O) groups excluding carboxylic acids is 1. The van der Waals surface area contributed by atoms with Crippen LogP contribution in [0, 0.1) is 17.0 Å². The molecule has 1 aromatic carbocycles. The third-order valence-corrected chi connectivity index (χ3v) is 5.55. The van der Waals surface area contributed by atoms with Gasteiger partial charge in [-0.05, 0) is 31.9 Å². The predicted molar refractivity (Wildman–Crippen MR) is 109 cm³/mol. The molecule has 2 aromatic rings. The first kappa shape index (κ1) is 19.1. The molecule has 2 saturated heterocycles. The highest BCUT2D eigenvalue weighted by atomic mass is 16.6. The van der Waals surface area contributed by atoms with E-state index in [2.05, 4.69) is 14.9 Å². The van der Waals surface area contributed by atoms with Crippen LogP contribution in [-0.4, -0.2) is 65.0 Å². The fourth-order valence-corrected chi connectivity index (χ4v) is 3.96. The number of carbonyl (C=O) groups is 1. The maximum absolute atomic E-state index is 12.9. The van der Waals surface area contributed by atoms with Crippen molar-refractivity contribution in [3.63, 3.8) is 0 Å². The number of nitro groups is 1. The Morgan fingerprint density at radius 3 is 2.38 bits per heavy atom. The lowest BCUT2D eigenvalue weighted by Crippen LogP contribution is -2.49. The van der Waals surface area contributed by atoms with Gasteiger partial charge in [-0.2, -0.15) is 0 Å². The summed E-state index contributed by atoms with van der Waals surface area (Å²) in [5, 5.41) is 11.6. The molecule has 0 unspecified atom stereocenters. The number of benzene rings is 1. The SMILES string of the molecule is Cc1cc(N2CCN(C(=O)c3ccc(N4CCCC4)c([N+](=O)[O-])c3)CC2)ncn1. The molecule has 0 spiro atoms. The summed E-state index contributed by atoms with van der Waals surface area (Å²) in [5.41, 5.74) is 1.88. The molecule has 0 radical (unpaired) electrons. The van der Waals surface area contributed by atoms with Gasteiger partial charge in [0.05, 0.1) is 4.92 Å². The molecule has 0 atom stereocenters. The summed E-state index contributed by atoms with van der Waals surface area (Å²) in [6.45, 7) is 5.97. The van der Waals surface area contributed by atoms with E-state index in [9.17, 15) is 14.9 Å². The number of hydrogen-bond acceptors (Lipinski definition) is 7. The number of aromatic nitrogens is 2. The molecule has 2 aliphatic heterocycles. The van der Waals surface area contributed by atoms with Crippen molar-refractivity contribution in [2.45, 2.75) is 19.8 Å². The molecule has 0 saturated carbocycles. The van der Waals surface area contributed by atoms with Crippen molar-refractivity contribution >= 4 is 23.1 Å². The molecular weight excluding hydrogens is 372 g/mol. The van der Waals surface area contributed by atoms with Gasteiger partial charge < -0.3 is 14.7 Å². The van der Waals surface area contributed by atoms with E-state index < -0.39 is 0 Å². The summed E-state index contributed by atoms with van der Waals surface area (Å²) in [4.78, 5) is 38.5. The van der Waals surface area contributed by atoms with Gasteiger partial charge in [-0.3, -0.25) is 14.9 Å². The Hall–Kier alpha value is -3.23. The minimum Gasteiger partial charge on any atom is -0.366 e. The summed E-state index contributed by atoms with van der Waals surface area (Å²) >= 11 is 0. The van der Waals surface area contributed by atoms with Gasteiger partial charge in [0.1, 0.15) is 17.8 Å². The molecule has 152 valence electrons. The standard InChI is InChI=1S/C20H24N6O3/c1-15-12-19(22-14-21-15)24-8-10-25(11-9-24)20(27)16-4-5-17(18(13-16)26(28)29)23-6-2-3-7-23/h4-5,12-14H,2-3,6-11H2,1H3. The number of aryl methyl sites for hydroxylation is 1. The summed E-state index contributed by atoms with van der Waals surface area (Å²) in [6.07, 6.45) is 3.62. The largest absolute Gasteiger partial charge is 0.366 e. The monoisotopic (exact) mass is 396 g/mol. The second-order valence-electron chi connectivity index (χ2n) is 7.45. The second-order valence-corrected chi connectivity index (χ2v) is 7.45. The molecule has 9 nitrogen and oxygen atoms in total. The third kappa shape index (κ3) is 3.98. The van der Waals surface area contributed by atoms with Gasteiger partial charge in [-0.15, -0.1) is 0 Å². The zero-order valence-corrected chi connectivity index (χ0v) is 16.5. The normalized spacial score (nSPS) is 16.9. The highest BCUT2D eigenvalue weighted by Crippen LogP contribution is 2.32. The summed E-state index contributed by atoms with van der Waals surface area (Å²) < 4.78 is 0. The topological polar surface area (TPSA) is 95.7 Å². The van der Waals surface area contributed by atoms with Crippen LogP contribution in [-0.2, 0) is 0 Å². The van der Waals surface area contributed by atoms with E-state index in [0.717, 1.165) is 37.4 Å². The van der Waals surface area contributed by atoms with Crippen molar-refractivity contribution in [1.82, 2.24) is 14.9 Å².